The molecule has 0 bridgehead atoms. The predicted octanol–water partition coefficient (Wildman–Crippen LogP) is 2.91. The fourth-order valence-corrected chi connectivity index (χ4v) is 2.67. The van der Waals surface area contributed by atoms with Crippen LogP contribution in [0.1, 0.15) is 32.8 Å². The molecule has 0 amide bonds. The lowest BCUT2D eigenvalue weighted by molar-refractivity contribution is -0.0373. The third kappa shape index (κ3) is 3.05. The van der Waals surface area contributed by atoms with Gasteiger partial charge in [-0.15, -0.1) is 0 Å². The van der Waals surface area contributed by atoms with E-state index in [1.165, 1.54) is 0 Å². The van der Waals surface area contributed by atoms with Crippen molar-refractivity contribution in [2.45, 2.75) is 38.9 Å². The van der Waals surface area contributed by atoms with Gasteiger partial charge in [0.05, 0.1) is 25.0 Å². The van der Waals surface area contributed by atoms with Crippen molar-refractivity contribution in [1.82, 2.24) is 5.48 Å². The van der Waals surface area contributed by atoms with Crippen molar-refractivity contribution in [2.75, 3.05) is 19.8 Å². The van der Waals surface area contributed by atoms with Gasteiger partial charge < -0.3 is 14.2 Å². The Morgan fingerprint density at radius 2 is 2.18 bits per heavy atom. The average molecular weight is 305 g/mol. The van der Waals surface area contributed by atoms with Crippen molar-refractivity contribution < 1.29 is 19.0 Å². The summed E-state index contributed by atoms with van der Waals surface area (Å²) < 4.78 is 16.9. The standard InChI is InChI=1S/C17H23NO4/c1-4-20-15-6-5-13(9-16(15)21-12(2)3)14-10-17(22-18-14)7-8-19-11-17/h5-6,9-10,12,18H,4,7-8,11H2,1-3H3. The average Bonchev–Trinajstić information content (AvgIpc) is 3.11. The van der Waals surface area contributed by atoms with Crippen LogP contribution in [0.25, 0.3) is 5.70 Å². The summed E-state index contributed by atoms with van der Waals surface area (Å²) in [6.45, 7) is 7.91. The van der Waals surface area contributed by atoms with E-state index in [2.05, 4.69) is 11.6 Å². The minimum Gasteiger partial charge on any atom is -0.490 e. The van der Waals surface area contributed by atoms with Crippen molar-refractivity contribution >= 4 is 5.70 Å². The highest BCUT2D eigenvalue weighted by atomic mass is 16.7. The number of hydrogen-bond donors (Lipinski definition) is 1. The molecule has 1 N–H and O–H groups in total. The zero-order valence-corrected chi connectivity index (χ0v) is 13.3. The SMILES string of the molecule is CCOc1ccc(C2=CC3(CCOC3)ON2)cc1OC(C)C. The van der Waals surface area contributed by atoms with Crippen LogP contribution in [-0.2, 0) is 9.57 Å². The van der Waals surface area contributed by atoms with Gasteiger partial charge in [0.25, 0.3) is 0 Å². The van der Waals surface area contributed by atoms with Crippen LogP contribution in [-0.4, -0.2) is 31.5 Å². The van der Waals surface area contributed by atoms with Crippen LogP contribution in [0.15, 0.2) is 24.3 Å². The number of ether oxygens (including phenoxy) is 3. The second-order valence-electron chi connectivity index (χ2n) is 5.89. The molecular formula is C17H23NO4. The molecule has 1 aromatic carbocycles. The largest absolute Gasteiger partial charge is 0.490 e. The maximum absolute atomic E-state index is 5.87. The quantitative estimate of drug-likeness (QED) is 0.906. The first kappa shape index (κ1) is 15.2. The molecule has 1 atom stereocenters. The molecule has 1 unspecified atom stereocenters. The summed E-state index contributed by atoms with van der Waals surface area (Å²) in [5.74, 6) is 1.51. The molecule has 5 nitrogen and oxygen atoms in total. The third-order valence-electron chi connectivity index (χ3n) is 3.70. The Balaban J connectivity index is 1.88. The first-order valence-electron chi connectivity index (χ1n) is 7.80. The highest BCUT2D eigenvalue weighted by Crippen LogP contribution is 2.36. The van der Waals surface area contributed by atoms with Crippen molar-refractivity contribution in [3.05, 3.63) is 29.8 Å². The van der Waals surface area contributed by atoms with Gasteiger partial charge >= 0.3 is 0 Å². The van der Waals surface area contributed by atoms with E-state index in [9.17, 15) is 0 Å². The third-order valence-corrected chi connectivity index (χ3v) is 3.70. The molecular weight excluding hydrogens is 282 g/mol. The highest BCUT2D eigenvalue weighted by Gasteiger charge is 2.39. The number of benzene rings is 1. The lowest BCUT2D eigenvalue weighted by Crippen LogP contribution is -2.29. The lowest BCUT2D eigenvalue weighted by Gasteiger charge is -2.16. The summed E-state index contributed by atoms with van der Waals surface area (Å²) >= 11 is 0. The van der Waals surface area contributed by atoms with Gasteiger partial charge in [0, 0.05) is 18.6 Å². The lowest BCUT2D eigenvalue weighted by atomic mass is 10.0. The van der Waals surface area contributed by atoms with Crippen LogP contribution in [0.5, 0.6) is 11.5 Å². The van der Waals surface area contributed by atoms with Crippen LogP contribution in [0.4, 0.5) is 0 Å². The van der Waals surface area contributed by atoms with Gasteiger partial charge in [-0.2, -0.15) is 0 Å². The molecule has 1 saturated heterocycles. The Kier molecular flexibility index (Phi) is 4.27. The second-order valence-corrected chi connectivity index (χ2v) is 5.89. The van der Waals surface area contributed by atoms with E-state index in [-0.39, 0.29) is 11.7 Å². The molecule has 1 fully saturated rings. The fourth-order valence-electron chi connectivity index (χ4n) is 2.67. The van der Waals surface area contributed by atoms with Gasteiger partial charge in [-0.3, -0.25) is 10.3 Å². The van der Waals surface area contributed by atoms with Crippen molar-refractivity contribution in [1.29, 1.82) is 0 Å². The van der Waals surface area contributed by atoms with Gasteiger partial charge in [0.1, 0.15) is 5.60 Å². The molecule has 5 heteroatoms. The summed E-state index contributed by atoms with van der Waals surface area (Å²) in [6, 6.07) is 5.94. The molecule has 120 valence electrons. The van der Waals surface area contributed by atoms with Crippen LogP contribution >= 0.6 is 0 Å². The highest BCUT2D eigenvalue weighted by molar-refractivity contribution is 5.68. The Bertz CT molecular complexity index is 562. The monoisotopic (exact) mass is 305 g/mol. The number of hydrogen-bond acceptors (Lipinski definition) is 5. The van der Waals surface area contributed by atoms with Gasteiger partial charge in [-0.25, -0.2) is 0 Å². The number of nitrogens with one attached hydrogen (secondary N) is 1. The van der Waals surface area contributed by atoms with E-state index in [0.717, 1.165) is 35.8 Å². The van der Waals surface area contributed by atoms with E-state index in [4.69, 9.17) is 19.0 Å². The normalized spacial score (nSPS) is 23.7. The Morgan fingerprint density at radius 1 is 1.32 bits per heavy atom. The molecule has 2 heterocycles. The van der Waals surface area contributed by atoms with E-state index in [1.54, 1.807) is 0 Å². The molecule has 0 radical (unpaired) electrons. The van der Waals surface area contributed by atoms with Gasteiger partial charge in [-0.1, -0.05) is 0 Å². The summed E-state index contributed by atoms with van der Waals surface area (Å²) in [7, 11) is 0. The Morgan fingerprint density at radius 3 is 2.86 bits per heavy atom. The molecule has 0 saturated carbocycles. The molecule has 0 aliphatic carbocycles. The maximum atomic E-state index is 5.87. The van der Waals surface area contributed by atoms with E-state index < -0.39 is 0 Å². The van der Waals surface area contributed by atoms with Crippen LogP contribution in [0, 0.1) is 0 Å². The van der Waals surface area contributed by atoms with Crippen LogP contribution in [0.2, 0.25) is 0 Å². The Hall–Kier alpha value is -1.72. The molecule has 2 aliphatic rings. The van der Waals surface area contributed by atoms with E-state index in [0.29, 0.717) is 13.2 Å². The van der Waals surface area contributed by atoms with Crippen LogP contribution in [0.3, 0.4) is 0 Å². The van der Waals surface area contributed by atoms with Crippen LogP contribution < -0.4 is 15.0 Å². The number of hydroxylamine groups is 1. The zero-order valence-electron chi connectivity index (χ0n) is 13.3. The topological polar surface area (TPSA) is 49.0 Å². The summed E-state index contributed by atoms with van der Waals surface area (Å²) in [5.41, 5.74) is 4.66. The maximum Gasteiger partial charge on any atom is 0.162 e. The Labute approximate surface area is 131 Å². The zero-order chi connectivity index (χ0) is 15.6. The second kappa shape index (κ2) is 6.18. The molecule has 22 heavy (non-hydrogen) atoms. The minimum atomic E-state index is -0.326. The molecule has 3 rings (SSSR count). The van der Waals surface area contributed by atoms with E-state index >= 15 is 0 Å². The first-order valence-corrected chi connectivity index (χ1v) is 7.80. The predicted molar refractivity (Wildman–Crippen MR) is 83.7 cm³/mol. The van der Waals surface area contributed by atoms with Gasteiger partial charge in [0.2, 0.25) is 0 Å². The smallest absolute Gasteiger partial charge is 0.162 e. The molecule has 0 aromatic heterocycles. The van der Waals surface area contributed by atoms with Gasteiger partial charge in [-0.05, 0) is 45.0 Å². The first-order chi connectivity index (χ1) is 10.6. The van der Waals surface area contributed by atoms with Gasteiger partial charge in [0.15, 0.2) is 11.5 Å². The van der Waals surface area contributed by atoms with Crippen molar-refractivity contribution in [3.63, 3.8) is 0 Å². The van der Waals surface area contributed by atoms with Crippen molar-refractivity contribution in [2.24, 2.45) is 0 Å². The summed E-state index contributed by atoms with van der Waals surface area (Å²) in [5, 5.41) is 0. The van der Waals surface area contributed by atoms with Crippen molar-refractivity contribution in [3.8, 4) is 11.5 Å². The summed E-state index contributed by atoms with van der Waals surface area (Å²) in [4.78, 5) is 5.73. The molecule has 1 aromatic rings. The fraction of sp³-hybridized carbons (Fsp3) is 0.529. The summed E-state index contributed by atoms with van der Waals surface area (Å²) in [6.07, 6.45) is 3.07. The number of rotatable bonds is 5. The van der Waals surface area contributed by atoms with E-state index in [1.807, 2.05) is 39.0 Å². The molecule has 1 spiro atoms. The molecule has 2 aliphatic heterocycles. The minimum absolute atomic E-state index is 0.0887.